The fourth-order valence-electron chi connectivity index (χ4n) is 3.58. The maximum atomic E-state index is 9.06. The Labute approximate surface area is 155 Å². The summed E-state index contributed by atoms with van der Waals surface area (Å²) in [6.45, 7) is 9.14. The first kappa shape index (κ1) is 17.0. The molecule has 0 unspecified atom stereocenters. The molecule has 1 saturated heterocycles. The number of anilines is 1. The minimum atomic E-state index is 0.585. The van der Waals surface area contributed by atoms with E-state index in [9.17, 15) is 0 Å². The summed E-state index contributed by atoms with van der Waals surface area (Å²) in [5, 5.41) is 9.06. The Kier molecular flexibility index (Phi) is 4.60. The van der Waals surface area contributed by atoms with Crippen LogP contribution in [0, 0.1) is 25.2 Å². The van der Waals surface area contributed by atoms with Crippen molar-refractivity contribution in [3.05, 3.63) is 52.5 Å². The summed E-state index contributed by atoms with van der Waals surface area (Å²) in [6.07, 6.45) is 2.47. The van der Waals surface area contributed by atoms with E-state index >= 15 is 0 Å². The van der Waals surface area contributed by atoms with Crippen LogP contribution in [0.1, 0.15) is 47.0 Å². The normalized spacial score (nSPS) is 18.0. The van der Waals surface area contributed by atoms with Gasteiger partial charge >= 0.3 is 0 Å². The predicted octanol–water partition coefficient (Wildman–Crippen LogP) is 3.16. The molecule has 1 aliphatic heterocycles. The van der Waals surface area contributed by atoms with Crippen molar-refractivity contribution in [3.8, 4) is 6.07 Å². The van der Waals surface area contributed by atoms with Gasteiger partial charge in [-0.05, 0) is 44.4 Å². The molecule has 1 saturated carbocycles. The minimum absolute atomic E-state index is 0.585. The van der Waals surface area contributed by atoms with E-state index in [0.717, 1.165) is 55.6 Å². The number of piperazine rings is 1. The largest absolute Gasteiger partial charge is 0.354 e. The number of aryl methyl sites for hydroxylation is 1. The molecule has 1 aromatic carbocycles. The van der Waals surface area contributed by atoms with Gasteiger partial charge in [0.15, 0.2) is 0 Å². The van der Waals surface area contributed by atoms with Gasteiger partial charge in [0.25, 0.3) is 0 Å². The third kappa shape index (κ3) is 3.56. The second-order valence-electron chi connectivity index (χ2n) is 7.47. The molecule has 0 bridgehead atoms. The maximum Gasteiger partial charge on any atom is 0.135 e. The lowest BCUT2D eigenvalue weighted by atomic mass is 10.1. The Morgan fingerprint density at radius 2 is 1.88 bits per heavy atom. The number of benzene rings is 1. The second-order valence-corrected chi connectivity index (χ2v) is 7.47. The first-order valence-corrected chi connectivity index (χ1v) is 9.45. The number of nitrogens with zero attached hydrogens (tertiary/aromatic N) is 5. The van der Waals surface area contributed by atoms with Gasteiger partial charge in [0, 0.05) is 49.9 Å². The fraction of sp³-hybridized carbons (Fsp3) is 0.476. The summed E-state index contributed by atoms with van der Waals surface area (Å²) in [4.78, 5) is 14.5. The third-order valence-electron chi connectivity index (χ3n) is 5.46. The van der Waals surface area contributed by atoms with Gasteiger partial charge in [-0.3, -0.25) is 4.90 Å². The molecule has 2 aromatic rings. The Hall–Kier alpha value is -2.45. The highest BCUT2D eigenvalue weighted by molar-refractivity contribution is 5.49. The van der Waals surface area contributed by atoms with E-state index < -0.39 is 0 Å². The van der Waals surface area contributed by atoms with Crippen LogP contribution in [0.25, 0.3) is 0 Å². The van der Waals surface area contributed by atoms with Crippen molar-refractivity contribution in [3.63, 3.8) is 0 Å². The van der Waals surface area contributed by atoms with Crippen molar-refractivity contribution in [2.75, 3.05) is 31.1 Å². The number of nitriles is 1. The van der Waals surface area contributed by atoms with Gasteiger partial charge in [-0.25, -0.2) is 9.97 Å². The molecule has 0 spiro atoms. The zero-order chi connectivity index (χ0) is 18.1. The van der Waals surface area contributed by atoms with Crippen LogP contribution in [0.2, 0.25) is 0 Å². The predicted molar refractivity (Wildman–Crippen MR) is 102 cm³/mol. The molecule has 0 amide bonds. The summed E-state index contributed by atoms with van der Waals surface area (Å²) >= 11 is 0. The molecular formula is C21H25N5. The monoisotopic (exact) mass is 347 g/mol. The van der Waals surface area contributed by atoms with Gasteiger partial charge in [0.05, 0.1) is 11.6 Å². The lowest BCUT2D eigenvalue weighted by molar-refractivity contribution is 0.249. The van der Waals surface area contributed by atoms with E-state index in [1.807, 2.05) is 18.2 Å². The van der Waals surface area contributed by atoms with Crippen molar-refractivity contribution in [2.24, 2.45) is 0 Å². The van der Waals surface area contributed by atoms with Crippen molar-refractivity contribution in [1.29, 1.82) is 5.26 Å². The lowest BCUT2D eigenvalue weighted by Gasteiger charge is -2.36. The average molecular weight is 347 g/mol. The molecule has 4 rings (SSSR count). The van der Waals surface area contributed by atoms with Gasteiger partial charge in [0.1, 0.15) is 11.6 Å². The van der Waals surface area contributed by atoms with Crippen molar-refractivity contribution in [2.45, 2.75) is 39.2 Å². The molecule has 2 aliphatic rings. The van der Waals surface area contributed by atoms with E-state index in [2.05, 4.69) is 35.8 Å². The van der Waals surface area contributed by atoms with Crippen LogP contribution in [0.15, 0.2) is 24.3 Å². The molecule has 0 N–H and O–H groups in total. The number of hydrogen-bond acceptors (Lipinski definition) is 5. The van der Waals surface area contributed by atoms with Crippen molar-refractivity contribution in [1.82, 2.24) is 14.9 Å². The number of hydrogen-bond donors (Lipinski definition) is 0. The molecule has 0 atom stereocenters. The standard InChI is InChI=1S/C21H25N5/c1-15-16(2)23-20(19-6-7-19)24-21(15)26-10-8-25(9-11-26)14-18-5-3-4-17(12-18)13-22/h3-5,12,19H,6-11,14H2,1-2H3. The number of rotatable bonds is 4. The first-order chi connectivity index (χ1) is 12.6. The quantitative estimate of drug-likeness (QED) is 0.850. The van der Waals surface area contributed by atoms with E-state index in [1.165, 1.54) is 24.0 Å². The van der Waals surface area contributed by atoms with E-state index in [0.29, 0.717) is 5.92 Å². The summed E-state index contributed by atoms with van der Waals surface area (Å²) < 4.78 is 0. The van der Waals surface area contributed by atoms with Crippen LogP contribution in [0.3, 0.4) is 0 Å². The van der Waals surface area contributed by atoms with Crippen molar-refractivity contribution < 1.29 is 0 Å². The maximum absolute atomic E-state index is 9.06. The molecule has 26 heavy (non-hydrogen) atoms. The van der Waals surface area contributed by atoms with Gasteiger partial charge in [-0.1, -0.05) is 12.1 Å². The smallest absolute Gasteiger partial charge is 0.135 e. The molecular weight excluding hydrogens is 322 g/mol. The molecule has 2 heterocycles. The third-order valence-corrected chi connectivity index (χ3v) is 5.46. The zero-order valence-electron chi connectivity index (χ0n) is 15.6. The first-order valence-electron chi connectivity index (χ1n) is 9.45. The van der Waals surface area contributed by atoms with Crippen LogP contribution >= 0.6 is 0 Å². The van der Waals surface area contributed by atoms with Crippen molar-refractivity contribution >= 4 is 5.82 Å². The molecule has 1 aromatic heterocycles. The van der Waals surface area contributed by atoms with Crippen LogP contribution < -0.4 is 4.90 Å². The average Bonchev–Trinajstić information content (AvgIpc) is 3.50. The van der Waals surface area contributed by atoms with Gasteiger partial charge in [-0.2, -0.15) is 5.26 Å². The summed E-state index contributed by atoms with van der Waals surface area (Å²) in [6, 6.07) is 10.1. The molecule has 5 heteroatoms. The Morgan fingerprint density at radius 1 is 1.12 bits per heavy atom. The van der Waals surface area contributed by atoms with Crippen LogP contribution in [0.5, 0.6) is 0 Å². The second kappa shape index (κ2) is 7.05. The Bertz CT molecular complexity index is 842. The summed E-state index contributed by atoms with van der Waals surface area (Å²) in [5.41, 5.74) is 4.28. The SMILES string of the molecule is Cc1nc(C2CC2)nc(N2CCN(Cc3cccc(C#N)c3)CC2)c1C. The molecule has 134 valence electrons. The van der Waals surface area contributed by atoms with E-state index in [1.54, 1.807) is 0 Å². The summed E-state index contributed by atoms with van der Waals surface area (Å²) in [5.74, 6) is 2.76. The molecule has 2 fully saturated rings. The van der Waals surface area contributed by atoms with Gasteiger partial charge in [-0.15, -0.1) is 0 Å². The van der Waals surface area contributed by atoms with Gasteiger partial charge in [0.2, 0.25) is 0 Å². The highest BCUT2D eigenvalue weighted by atomic mass is 15.3. The molecule has 5 nitrogen and oxygen atoms in total. The van der Waals surface area contributed by atoms with Gasteiger partial charge < -0.3 is 4.90 Å². The Balaban J connectivity index is 1.43. The topological polar surface area (TPSA) is 56.1 Å². The number of aromatic nitrogens is 2. The van der Waals surface area contributed by atoms with Crippen LogP contribution in [0.4, 0.5) is 5.82 Å². The zero-order valence-corrected chi connectivity index (χ0v) is 15.6. The molecule has 0 radical (unpaired) electrons. The fourth-order valence-corrected chi connectivity index (χ4v) is 3.58. The van der Waals surface area contributed by atoms with E-state index in [4.69, 9.17) is 15.2 Å². The van der Waals surface area contributed by atoms with E-state index in [-0.39, 0.29) is 0 Å². The summed E-state index contributed by atoms with van der Waals surface area (Å²) in [7, 11) is 0. The van der Waals surface area contributed by atoms with Crippen LogP contribution in [-0.2, 0) is 6.54 Å². The minimum Gasteiger partial charge on any atom is -0.354 e. The highest BCUT2D eigenvalue weighted by Crippen LogP contribution is 2.39. The highest BCUT2D eigenvalue weighted by Gasteiger charge is 2.29. The Morgan fingerprint density at radius 3 is 2.58 bits per heavy atom. The van der Waals surface area contributed by atoms with Crippen LogP contribution in [-0.4, -0.2) is 41.0 Å². The lowest BCUT2D eigenvalue weighted by Crippen LogP contribution is -2.46. The molecule has 1 aliphatic carbocycles.